The minimum atomic E-state index is -5.00. The maximum absolute atomic E-state index is 14.0. The fourth-order valence-electron chi connectivity index (χ4n) is 1.49. The largest absolute Gasteiger partial charge is 0.389 e. The molecule has 0 bridgehead atoms. The zero-order valence-electron chi connectivity index (χ0n) is 31.3. The van der Waals surface area contributed by atoms with Gasteiger partial charge in [0.15, 0.2) is 0 Å². The van der Waals surface area contributed by atoms with Crippen LogP contribution < -0.4 is 0 Å². The van der Waals surface area contributed by atoms with Crippen molar-refractivity contribution in [3.05, 3.63) is 35.3 Å². The highest BCUT2D eigenvalue weighted by atomic mass is 16.3. The molecule has 1 fully saturated rings. The van der Waals surface area contributed by atoms with Gasteiger partial charge >= 0.3 is 0 Å². The van der Waals surface area contributed by atoms with E-state index in [9.17, 15) is 9.90 Å². The van der Waals surface area contributed by atoms with E-state index in [2.05, 4.69) is 0 Å². The van der Waals surface area contributed by atoms with Gasteiger partial charge in [0, 0.05) is 37.3 Å². The van der Waals surface area contributed by atoms with Crippen molar-refractivity contribution in [1.29, 1.82) is 0 Å². The zero-order chi connectivity index (χ0) is 33.1. The number of aliphatic hydroxyl groups is 1. The maximum atomic E-state index is 14.0. The summed E-state index contributed by atoms with van der Waals surface area (Å²) in [5, 5.41) is 12.0. The molecular formula is C17H25NO2. The van der Waals surface area contributed by atoms with Crippen LogP contribution in [0.2, 0.25) is 0 Å². The number of amides is 1. The van der Waals surface area contributed by atoms with Gasteiger partial charge in [0.1, 0.15) is 0 Å². The molecule has 3 heteroatoms. The van der Waals surface area contributed by atoms with Crippen molar-refractivity contribution in [2.75, 3.05) is 14.0 Å². The van der Waals surface area contributed by atoms with Crippen LogP contribution in [0.25, 0.3) is 0 Å². The second-order valence-corrected chi connectivity index (χ2v) is 3.85. The number of nitrogens with zero attached hydrogens (tertiary/aromatic N) is 1. The molecule has 2 rings (SSSR count). The predicted molar refractivity (Wildman–Crippen MR) is 80.6 cm³/mol. The van der Waals surface area contributed by atoms with E-state index < -0.39 is 103 Å². The summed E-state index contributed by atoms with van der Waals surface area (Å²) >= 11 is 0. The van der Waals surface area contributed by atoms with Gasteiger partial charge in [-0.2, -0.15) is 0 Å². The molecule has 1 aliphatic carbocycles. The van der Waals surface area contributed by atoms with Crippen LogP contribution in [0.3, 0.4) is 0 Å². The smallest absolute Gasteiger partial charge is 0.232 e. The molecule has 1 atom stereocenters. The topological polar surface area (TPSA) is 40.5 Å². The SMILES string of the molecule is [2H]c1c([2H])c(C([2H])(C(=O)N(C([2H])([2H])[2H])C([2H])([2H])[2H])C2(O)C([2H])([2H])C([2H])([2H])C([2H])([2H])C([2H])([2H])C2([2H])[2H])c([2H])c([2H])c1C. The standard InChI is InChI=1S/C17H25NO2/c1-13-7-9-14(10-8-13)15(16(19)18(2)3)17(20)11-5-4-6-12-17/h7-10,15,20H,4-6,11-12H2,1-3H3/i2D3,3D3,4D2,5D2,6D2,7D,8D,9D,10D,11D2,12D2,15D. The predicted octanol–water partition coefficient (Wildman–Crippen LogP) is 2.86. The third-order valence-electron chi connectivity index (χ3n) is 2.39. The number of benzene rings is 1. The highest BCUT2D eigenvalue weighted by Crippen LogP contribution is 2.40. The lowest BCUT2D eigenvalue weighted by molar-refractivity contribution is -0.139. The number of carbonyl (C=O) groups excluding carboxylic acids is 1. The molecule has 1 aromatic rings. The zero-order valence-corrected chi connectivity index (χ0v) is 10.3. The van der Waals surface area contributed by atoms with E-state index in [1.54, 1.807) is 0 Å². The molecule has 1 saturated carbocycles. The summed E-state index contributed by atoms with van der Waals surface area (Å²) in [4.78, 5) is 12.9. The summed E-state index contributed by atoms with van der Waals surface area (Å²) < 4.78 is 170. The summed E-state index contributed by atoms with van der Waals surface area (Å²) in [7, 11) is 0. The highest BCUT2D eigenvalue weighted by molar-refractivity contribution is 5.84. The van der Waals surface area contributed by atoms with Gasteiger partial charge in [0.2, 0.25) is 5.91 Å². The number of likely N-dealkylation sites (N-methyl/N-ethyl adjacent to an activating group) is 1. The van der Waals surface area contributed by atoms with Crippen molar-refractivity contribution < 1.29 is 38.7 Å². The molecule has 3 nitrogen and oxygen atoms in total. The van der Waals surface area contributed by atoms with E-state index >= 15 is 0 Å². The molecule has 110 valence electrons. The van der Waals surface area contributed by atoms with Crippen LogP contribution in [0.4, 0.5) is 0 Å². The van der Waals surface area contributed by atoms with Gasteiger partial charge in [-0.05, 0) is 25.2 Å². The van der Waals surface area contributed by atoms with Gasteiger partial charge in [-0.15, -0.1) is 0 Å². The van der Waals surface area contributed by atoms with E-state index in [-0.39, 0.29) is 0 Å². The Labute approximate surface area is 151 Å². The van der Waals surface area contributed by atoms with E-state index in [0.29, 0.717) is 0 Å². The first-order chi connectivity index (χ1) is 17.7. The van der Waals surface area contributed by atoms with Crippen LogP contribution in [0, 0.1) is 6.92 Å². The molecule has 1 aliphatic rings. The second-order valence-electron chi connectivity index (χ2n) is 3.85. The van der Waals surface area contributed by atoms with Gasteiger partial charge in [0.05, 0.1) is 17.0 Å². The molecule has 0 aliphatic heterocycles. The first-order valence-electron chi connectivity index (χ1n) is 15.8. The van der Waals surface area contributed by atoms with E-state index in [1.165, 1.54) is 0 Å². The summed E-state index contributed by atoms with van der Waals surface area (Å²) in [5.74, 6) is -7.54. The molecule has 1 aromatic carbocycles. The van der Waals surface area contributed by atoms with Crippen molar-refractivity contribution in [3.63, 3.8) is 0 Å². The van der Waals surface area contributed by atoms with Gasteiger partial charge < -0.3 is 10.0 Å². The van der Waals surface area contributed by atoms with E-state index in [1.807, 2.05) is 0 Å². The number of rotatable bonds is 3. The molecule has 0 spiro atoms. The molecule has 1 unspecified atom stereocenters. The Morgan fingerprint density at radius 3 is 2.55 bits per heavy atom. The van der Waals surface area contributed by atoms with Crippen molar-refractivity contribution in [2.45, 2.75) is 50.3 Å². The maximum Gasteiger partial charge on any atom is 0.232 e. The Hall–Kier alpha value is -1.35. The van der Waals surface area contributed by atoms with Gasteiger partial charge in [-0.1, -0.05) is 48.9 Å². The molecule has 0 heterocycles. The van der Waals surface area contributed by atoms with Crippen LogP contribution in [0.5, 0.6) is 0 Å². The Balaban J connectivity index is 3.45. The quantitative estimate of drug-likeness (QED) is 0.932. The van der Waals surface area contributed by atoms with Crippen molar-refractivity contribution in [1.82, 2.24) is 4.90 Å². The van der Waals surface area contributed by atoms with Crippen LogP contribution >= 0.6 is 0 Å². The normalized spacial score (nSPS) is 50.2. The Kier molecular flexibility index (Phi) is 1.05. The van der Waals surface area contributed by atoms with Crippen LogP contribution in [0.1, 0.15) is 77.7 Å². The lowest BCUT2D eigenvalue weighted by Crippen LogP contribution is -2.46. The molecule has 0 aromatic heterocycles. The van der Waals surface area contributed by atoms with Gasteiger partial charge in [0.25, 0.3) is 0 Å². The number of carbonyl (C=O) groups is 1. The first kappa shape index (κ1) is 3.52. The fourth-order valence-corrected chi connectivity index (χ4v) is 1.49. The third-order valence-corrected chi connectivity index (χ3v) is 2.39. The second kappa shape index (κ2) is 5.96. The van der Waals surface area contributed by atoms with E-state index in [0.717, 1.165) is 6.92 Å². The van der Waals surface area contributed by atoms with Gasteiger partial charge in [-0.25, -0.2) is 0 Å². The summed E-state index contributed by atoms with van der Waals surface area (Å²) in [6, 6.07) is -5.20. The highest BCUT2D eigenvalue weighted by Gasteiger charge is 2.43. The Morgan fingerprint density at radius 2 is 2.00 bits per heavy atom. The molecule has 0 saturated heterocycles. The fraction of sp³-hybridized carbons (Fsp3) is 0.588. The number of hydrogen-bond acceptors (Lipinski definition) is 2. The average molecular weight is 297 g/mol. The minimum Gasteiger partial charge on any atom is -0.389 e. The van der Waals surface area contributed by atoms with Crippen molar-refractivity contribution >= 4 is 5.91 Å². The summed E-state index contributed by atoms with van der Waals surface area (Å²) in [6.07, 6.45) is -22.3. The lowest BCUT2D eigenvalue weighted by Gasteiger charge is -2.39. The lowest BCUT2D eigenvalue weighted by atomic mass is 9.72. The third kappa shape index (κ3) is 3.04. The minimum absolute atomic E-state index is 0.481. The Morgan fingerprint density at radius 1 is 1.40 bits per heavy atom. The monoisotopic (exact) mass is 296 g/mol. The molecule has 20 heavy (non-hydrogen) atoms. The summed E-state index contributed by atoms with van der Waals surface area (Å²) in [6.45, 7) is -7.22. The summed E-state index contributed by atoms with van der Waals surface area (Å²) in [5.41, 5.74) is -7.30. The first-order valence-corrected chi connectivity index (χ1v) is 5.35. The molecular weight excluding hydrogens is 250 g/mol. The van der Waals surface area contributed by atoms with Crippen molar-refractivity contribution in [2.24, 2.45) is 0 Å². The molecule has 0 radical (unpaired) electrons. The molecule has 1 N–H and O–H groups in total. The van der Waals surface area contributed by atoms with Crippen LogP contribution in [-0.2, 0) is 4.79 Å². The Bertz CT molecular complexity index is 1190. The average Bonchev–Trinajstić information content (AvgIpc) is 2.77. The van der Waals surface area contributed by atoms with Crippen LogP contribution in [0.15, 0.2) is 24.2 Å². The van der Waals surface area contributed by atoms with Crippen molar-refractivity contribution in [3.8, 4) is 0 Å². The van der Waals surface area contributed by atoms with Crippen LogP contribution in [-0.4, -0.2) is 35.5 Å². The van der Waals surface area contributed by atoms with E-state index in [4.69, 9.17) is 28.8 Å². The van der Waals surface area contributed by atoms with Gasteiger partial charge in [-0.3, -0.25) is 4.79 Å². The molecule has 1 amide bonds. The number of hydrogen-bond donors (Lipinski definition) is 1.